The van der Waals surface area contributed by atoms with E-state index in [1.807, 2.05) is 54.6 Å². The summed E-state index contributed by atoms with van der Waals surface area (Å²) in [6.45, 7) is 12.0. The minimum atomic E-state index is -0.949. The maximum atomic E-state index is 7.90. The molecule has 5 nitrogen and oxygen atoms in total. The molecule has 0 amide bonds. The molecule has 0 saturated heterocycles. The molecule has 1 fully saturated rings. The van der Waals surface area contributed by atoms with E-state index in [0.29, 0.717) is 11.5 Å². The van der Waals surface area contributed by atoms with Crippen LogP contribution in [0.15, 0.2) is 140 Å². The fourth-order valence-electron chi connectivity index (χ4n) is 11.7. The molecule has 312 valence electrons. The molecule has 1 atom stereocenters. The van der Waals surface area contributed by atoms with Crippen LogP contribution in [0.1, 0.15) is 80.3 Å². The number of hydrogen-bond acceptors (Lipinski definition) is 5. The second-order valence-electron chi connectivity index (χ2n) is 19.1. The highest BCUT2D eigenvalue weighted by molar-refractivity contribution is 6.11. The first kappa shape index (κ1) is 39.7. The standard InChI is InChI=1S/C57H54O5/c1-36-18-20-37(21-19-36)57(38-22-24-39(58-6)25-23-38)29-28-44-52-51(43-16-12-13-17-48(43)56(52)34-54(2,3)33-55(4,5)35-56)46-32-50(61-40-14-10-9-11-15-40)45(31-47(46)53(44)62-57)42-27-26-41(59-7)30-49(42)60-8/h9-32H,33-35H2,1-8H3. The van der Waals surface area contributed by atoms with Gasteiger partial charge in [0.1, 0.15) is 34.5 Å². The maximum absolute atomic E-state index is 7.90. The lowest BCUT2D eigenvalue weighted by Gasteiger charge is -2.52. The molecule has 1 heterocycles. The number of rotatable bonds is 8. The van der Waals surface area contributed by atoms with Crippen LogP contribution in [-0.4, -0.2) is 21.3 Å². The molecule has 1 saturated carbocycles. The lowest BCUT2D eigenvalue weighted by molar-refractivity contribution is 0.0642. The Morgan fingerprint density at radius 3 is 1.85 bits per heavy atom. The lowest BCUT2D eigenvalue weighted by atomic mass is 9.52. The fraction of sp³-hybridized carbons (Fsp3) is 0.263. The van der Waals surface area contributed by atoms with Gasteiger partial charge in [0.25, 0.3) is 0 Å². The van der Waals surface area contributed by atoms with Crippen molar-refractivity contribution in [1.29, 1.82) is 0 Å². The van der Waals surface area contributed by atoms with Gasteiger partial charge in [0, 0.05) is 44.7 Å². The van der Waals surface area contributed by atoms with Gasteiger partial charge < -0.3 is 23.7 Å². The van der Waals surface area contributed by atoms with Crippen molar-refractivity contribution in [1.82, 2.24) is 0 Å². The van der Waals surface area contributed by atoms with Crippen LogP contribution >= 0.6 is 0 Å². The van der Waals surface area contributed by atoms with Gasteiger partial charge in [-0.1, -0.05) is 118 Å². The first-order valence-corrected chi connectivity index (χ1v) is 21.7. The molecule has 62 heavy (non-hydrogen) atoms. The van der Waals surface area contributed by atoms with Crippen molar-refractivity contribution in [2.75, 3.05) is 21.3 Å². The average molecular weight is 819 g/mol. The highest BCUT2D eigenvalue weighted by Gasteiger charge is 2.55. The van der Waals surface area contributed by atoms with Gasteiger partial charge in [-0.2, -0.15) is 0 Å². The van der Waals surface area contributed by atoms with Crippen LogP contribution in [0.4, 0.5) is 0 Å². The zero-order chi connectivity index (χ0) is 43.0. The number of para-hydroxylation sites is 1. The normalized spacial score (nSPS) is 18.6. The molecule has 7 aromatic carbocycles. The Hall–Kier alpha value is -6.46. The summed E-state index contributed by atoms with van der Waals surface area (Å²) in [4.78, 5) is 0. The summed E-state index contributed by atoms with van der Waals surface area (Å²) in [5, 5.41) is 2.09. The third-order valence-electron chi connectivity index (χ3n) is 13.5. The van der Waals surface area contributed by atoms with Crippen molar-refractivity contribution in [2.24, 2.45) is 10.8 Å². The Kier molecular flexibility index (Phi) is 9.33. The van der Waals surface area contributed by atoms with Crippen molar-refractivity contribution < 1.29 is 23.7 Å². The van der Waals surface area contributed by atoms with Crippen molar-refractivity contribution >= 4 is 16.8 Å². The molecule has 10 rings (SSSR count). The minimum absolute atomic E-state index is 0.0860. The molecule has 5 heteroatoms. The molecule has 0 aromatic heterocycles. The Bertz CT molecular complexity index is 2870. The van der Waals surface area contributed by atoms with Crippen LogP contribution in [0, 0.1) is 17.8 Å². The van der Waals surface area contributed by atoms with Gasteiger partial charge in [-0.3, -0.25) is 0 Å². The van der Waals surface area contributed by atoms with Crippen molar-refractivity contribution in [3.8, 4) is 56.8 Å². The van der Waals surface area contributed by atoms with Crippen molar-refractivity contribution in [3.63, 3.8) is 0 Å². The SMILES string of the molecule is COc1ccc(C2(c3ccc(C)cc3)C=Cc3c4c(c5cc(Oc6ccccc6)c(-c6ccc(OC)cc6OC)cc5c3O2)-c2ccccc2C42CC(C)(C)CC(C)(C)C2)cc1. The second kappa shape index (κ2) is 14.6. The van der Waals surface area contributed by atoms with Gasteiger partial charge in [-0.05, 0) is 119 Å². The predicted molar refractivity (Wildman–Crippen MR) is 251 cm³/mol. The molecule has 0 bridgehead atoms. The van der Waals surface area contributed by atoms with E-state index in [2.05, 4.69) is 126 Å². The van der Waals surface area contributed by atoms with E-state index < -0.39 is 5.60 Å². The predicted octanol–water partition coefficient (Wildman–Crippen LogP) is 14.5. The van der Waals surface area contributed by atoms with Gasteiger partial charge in [0.15, 0.2) is 5.60 Å². The molecular weight excluding hydrogens is 765 g/mol. The number of hydrogen-bond donors (Lipinski definition) is 0. The highest BCUT2D eigenvalue weighted by Crippen LogP contribution is 2.67. The molecule has 1 spiro atoms. The molecule has 2 aliphatic carbocycles. The lowest BCUT2D eigenvalue weighted by Crippen LogP contribution is -2.44. The van der Waals surface area contributed by atoms with Crippen LogP contribution < -0.4 is 23.7 Å². The van der Waals surface area contributed by atoms with E-state index in [-0.39, 0.29) is 16.2 Å². The summed E-state index contributed by atoms with van der Waals surface area (Å²) in [6, 6.07) is 46.8. The Balaban J connectivity index is 1.35. The van der Waals surface area contributed by atoms with Crippen LogP contribution in [0.2, 0.25) is 0 Å². The smallest absolute Gasteiger partial charge is 0.178 e. The summed E-state index contributed by atoms with van der Waals surface area (Å²) in [7, 11) is 5.08. The molecule has 1 aliphatic heterocycles. The molecular formula is C57H54O5. The van der Waals surface area contributed by atoms with E-state index >= 15 is 0 Å². The number of methoxy groups -OCH3 is 3. The summed E-state index contributed by atoms with van der Waals surface area (Å²) >= 11 is 0. The zero-order valence-electron chi connectivity index (χ0n) is 37.0. The largest absolute Gasteiger partial charge is 0.497 e. The van der Waals surface area contributed by atoms with Gasteiger partial charge >= 0.3 is 0 Å². The Morgan fingerprint density at radius 1 is 0.532 bits per heavy atom. The van der Waals surface area contributed by atoms with Crippen molar-refractivity contribution in [3.05, 3.63) is 173 Å². The van der Waals surface area contributed by atoms with Crippen LogP contribution in [0.3, 0.4) is 0 Å². The second-order valence-corrected chi connectivity index (χ2v) is 19.1. The van der Waals surface area contributed by atoms with Gasteiger partial charge in [-0.15, -0.1) is 0 Å². The van der Waals surface area contributed by atoms with Crippen LogP contribution in [0.5, 0.6) is 34.5 Å². The number of ether oxygens (including phenoxy) is 5. The molecule has 0 N–H and O–H groups in total. The third kappa shape index (κ3) is 6.35. The van der Waals surface area contributed by atoms with E-state index in [9.17, 15) is 0 Å². The van der Waals surface area contributed by atoms with E-state index in [1.165, 1.54) is 27.8 Å². The maximum Gasteiger partial charge on any atom is 0.178 e. The van der Waals surface area contributed by atoms with Gasteiger partial charge in [0.05, 0.1) is 21.3 Å². The highest BCUT2D eigenvalue weighted by atomic mass is 16.5. The fourth-order valence-corrected chi connectivity index (χ4v) is 11.7. The first-order chi connectivity index (χ1) is 29.9. The van der Waals surface area contributed by atoms with Crippen molar-refractivity contribution in [2.45, 2.75) is 64.9 Å². The molecule has 7 aromatic rings. The first-order valence-electron chi connectivity index (χ1n) is 21.7. The topological polar surface area (TPSA) is 46.2 Å². The number of benzene rings is 7. The quantitative estimate of drug-likeness (QED) is 0.153. The summed E-state index contributed by atoms with van der Waals surface area (Å²) in [6.07, 6.45) is 7.87. The van der Waals surface area contributed by atoms with Crippen LogP contribution in [0.25, 0.3) is 39.1 Å². The summed E-state index contributed by atoms with van der Waals surface area (Å²) in [5.74, 6) is 4.51. The van der Waals surface area contributed by atoms with Crippen LogP contribution in [-0.2, 0) is 11.0 Å². The average Bonchev–Trinajstić information content (AvgIpc) is 3.53. The van der Waals surface area contributed by atoms with E-state index in [0.717, 1.165) is 80.9 Å². The number of aryl methyl sites for hydroxylation is 1. The van der Waals surface area contributed by atoms with E-state index in [4.69, 9.17) is 23.7 Å². The molecule has 1 unspecified atom stereocenters. The molecule has 0 radical (unpaired) electrons. The van der Waals surface area contributed by atoms with Gasteiger partial charge in [0.2, 0.25) is 0 Å². The summed E-state index contributed by atoms with van der Waals surface area (Å²) in [5.41, 5.74) is 10.4. The Labute approximate surface area is 365 Å². The third-order valence-corrected chi connectivity index (χ3v) is 13.5. The number of fused-ring (bicyclic) bond motifs is 10. The monoisotopic (exact) mass is 818 g/mol. The Morgan fingerprint density at radius 2 is 1.18 bits per heavy atom. The van der Waals surface area contributed by atoms with E-state index in [1.54, 1.807) is 21.3 Å². The van der Waals surface area contributed by atoms with Gasteiger partial charge in [-0.25, -0.2) is 0 Å². The molecule has 3 aliphatic rings. The minimum Gasteiger partial charge on any atom is -0.497 e. The zero-order valence-corrected chi connectivity index (χ0v) is 37.0. The summed E-state index contributed by atoms with van der Waals surface area (Å²) < 4.78 is 32.3.